The van der Waals surface area contributed by atoms with Crippen LogP contribution in [0.3, 0.4) is 0 Å². The maximum absolute atomic E-state index is 12.7. The van der Waals surface area contributed by atoms with Crippen LogP contribution in [0.1, 0.15) is 16.7 Å². The molecular weight excluding hydrogens is 281 g/mol. The van der Waals surface area contributed by atoms with Gasteiger partial charge in [0.15, 0.2) is 0 Å². The number of alkyl halides is 3. The average molecular weight is 292 g/mol. The molecule has 0 aliphatic heterocycles. The third kappa shape index (κ3) is 3.45. The van der Waals surface area contributed by atoms with Gasteiger partial charge < -0.3 is 10.4 Å². The Morgan fingerprint density at radius 3 is 2.48 bits per heavy atom. The first-order chi connectivity index (χ1) is 9.91. The number of phenols is 1. The zero-order chi connectivity index (χ0) is 15.5. The number of nitrogens with one attached hydrogen (secondary N) is 1. The van der Waals surface area contributed by atoms with Crippen molar-refractivity contribution in [3.05, 3.63) is 59.2 Å². The van der Waals surface area contributed by atoms with Crippen molar-refractivity contribution >= 4 is 5.69 Å². The van der Waals surface area contributed by atoms with Crippen LogP contribution in [0.5, 0.6) is 5.75 Å². The van der Waals surface area contributed by atoms with E-state index in [-0.39, 0.29) is 12.3 Å². The number of halogens is 3. The Balaban J connectivity index is 2.19. The zero-order valence-corrected chi connectivity index (χ0v) is 10.8. The van der Waals surface area contributed by atoms with Crippen molar-refractivity contribution in [3.63, 3.8) is 0 Å². The summed E-state index contributed by atoms with van der Waals surface area (Å²) in [6.07, 6.45) is -4.55. The summed E-state index contributed by atoms with van der Waals surface area (Å²) in [5.41, 5.74) is -0.415. The van der Waals surface area contributed by atoms with Gasteiger partial charge in [-0.3, -0.25) is 0 Å². The number of benzene rings is 2. The van der Waals surface area contributed by atoms with E-state index in [1.807, 2.05) is 0 Å². The number of phenolic OH excluding ortho intramolecular Hbond substituents is 1. The van der Waals surface area contributed by atoms with E-state index < -0.39 is 17.3 Å². The number of hydrogen-bond donors (Lipinski definition) is 2. The van der Waals surface area contributed by atoms with Gasteiger partial charge in [0.1, 0.15) is 5.75 Å². The van der Waals surface area contributed by atoms with Crippen LogP contribution in [0, 0.1) is 11.3 Å². The molecule has 0 aromatic heterocycles. The molecule has 108 valence electrons. The summed E-state index contributed by atoms with van der Waals surface area (Å²) in [5, 5.41) is 21.3. The first-order valence-corrected chi connectivity index (χ1v) is 6.04. The molecule has 0 saturated heterocycles. The molecule has 2 N–H and O–H groups in total. The van der Waals surface area contributed by atoms with Crippen molar-refractivity contribution in [2.24, 2.45) is 0 Å². The van der Waals surface area contributed by atoms with Crippen LogP contribution in [-0.4, -0.2) is 5.11 Å². The van der Waals surface area contributed by atoms with Gasteiger partial charge in [0, 0.05) is 17.8 Å². The quantitative estimate of drug-likeness (QED) is 0.902. The van der Waals surface area contributed by atoms with Crippen LogP contribution in [0.4, 0.5) is 18.9 Å². The third-order valence-electron chi connectivity index (χ3n) is 2.92. The maximum Gasteiger partial charge on any atom is 0.417 e. The Labute approximate surface area is 119 Å². The highest BCUT2D eigenvalue weighted by atomic mass is 19.4. The minimum Gasteiger partial charge on any atom is -0.508 e. The zero-order valence-electron chi connectivity index (χ0n) is 10.8. The Morgan fingerprint density at radius 2 is 1.86 bits per heavy atom. The molecule has 0 heterocycles. The summed E-state index contributed by atoms with van der Waals surface area (Å²) < 4.78 is 38.0. The number of para-hydroxylation sites is 1. The second kappa shape index (κ2) is 5.75. The molecule has 6 heteroatoms. The Hall–Kier alpha value is -2.68. The van der Waals surface area contributed by atoms with Gasteiger partial charge in [0.2, 0.25) is 0 Å². The molecule has 0 saturated carbocycles. The molecule has 0 bridgehead atoms. The topological polar surface area (TPSA) is 56.0 Å². The molecule has 0 aliphatic carbocycles. The molecule has 0 radical (unpaired) electrons. The Bertz CT molecular complexity index is 690. The molecule has 0 fully saturated rings. The minimum atomic E-state index is -4.55. The molecule has 21 heavy (non-hydrogen) atoms. The molecule has 3 nitrogen and oxygen atoms in total. The Morgan fingerprint density at radius 1 is 1.14 bits per heavy atom. The largest absolute Gasteiger partial charge is 0.508 e. The summed E-state index contributed by atoms with van der Waals surface area (Å²) in [5.74, 6) is 0.0948. The SMILES string of the molecule is N#Cc1cc(NCc2ccccc2O)ccc1C(F)(F)F. The van der Waals surface area contributed by atoms with Crippen molar-refractivity contribution < 1.29 is 18.3 Å². The Kier molecular flexibility index (Phi) is 4.03. The van der Waals surface area contributed by atoms with Gasteiger partial charge in [-0.1, -0.05) is 18.2 Å². The van der Waals surface area contributed by atoms with E-state index in [9.17, 15) is 18.3 Å². The van der Waals surface area contributed by atoms with Gasteiger partial charge in [0.25, 0.3) is 0 Å². The van der Waals surface area contributed by atoms with Crippen molar-refractivity contribution in [1.29, 1.82) is 5.26 Å². The van der Waals surface area contributed by atoms with E-state index >= 15 is 0 Å². The molecule has 0 unspecified atom stereocenters. The lowest BCUT2D eigenvalue weighted by Gasteiger charge is -2.12. The lowest BCUT2D eigenvalue weighted by molar-refractivity contribution is -0.137. The van der Waals surface area contributed by atoms with Crippen molar-refractivity contribution in [2.75, 3.05) is 5.32 Å². The summed E-state index contributed by atoms with van der Waals surface area (Å²) >= 11 is 0. The molecular formula is C15H11F3N2O. The maximum atomic E-state index is 12.7. The molecule has 0 amide bonds. The van der Waals surface area contributed by atoms with Crippen LogP contribution in [-0.2, 0) is 12.7 Å². The average Bonchev–Trinajstić information content (AvgIpc) is 2.45. The fraction of sp³-hybridized carbons (Fsp3) is 0.133. The van der Waals surface area contributed by atoms with Gasteiger partial charge in [0.05, 0.1) is 17.2 Å². The number of rotatable bonds is 3. The summed E-state index contributed by atoms with van der Waals surface area (Å²) in [6, 6.07) is 11.4. The molecule has 0 aliphatic rings. The monoisotopic (exact) mass is 292 g/mol. The highest BCUT2D eigenvalue weighted by Crippen LogP contribution is 2.33. The number of nitriles is 1. The van der Waals surface area contributed by atoms with Crippen LogP contribution in [0.15, 0.2) is 42.5 Å². The van der Waals surface area contributed by atoms with E-state index in [1.54, 1.807) is 24.3 Å². The second-order valence-corrected chi connectivity index (χ2v) is 4.35. The van der Waals surface area contributed by atoms with E-state index in [2.05, 4.69) is 5.32 Å². The molecule has 0 atom stereocenters. The van der Waals surface area contributed by atoms with Gasteiger partial charge in [-0.2, -0.15) is 18.4 Å². The van der Waals surface area contributed by atoms with Gasteiger partial charge in [-0.15, -0.1) is 0 Å². The standard InChI is InChI=1S/C15H11F3N2O/c16-15(17,18)13-6-5-12(7-11(13)8-19)20-9-10-3-1-2-4-14(10)21/h1-7,20-21H,9H2. The summed E-state index contributed by atoms with van der Waals surface area (Å²) in [7, 11) is 0. The summed E-state index contributed by atoms with van der Waals surface area (Å²) in [4.78, 5) is 0. The van der Waals surface area contributed by atoms with Crippen LogP contribution < -0.4 is 5.32 Å². The molecule has 0 spiro atoms. The smallest absolute Gasteiger partial charge is 0.417 e. The first kappa shape index (κ1) is 14.7. The molecule has 2 aromatic carbocycles. The van der Waals surface area contributed by atoms with Crippen molar-refractivity contribution in [3.8, 4) is 11.8 Å². The minimum absolute atomic E-state index is 0.0948. The van der Waals surface area contributed by atoms with Crippen molar-refractivity contribution in [2.45, 2.75) is 12.7 Å². The van der Waals surface area contributed by atoms with Gasteiger partial charge in [-0.25, -0.2) is 0 Å². The van der Waals surface area contributed by atoms with Crippen LogP contribution in [0.2, 0.25) is 0 Å². The fourth-order valence-corrected chi connectivity index (χ4v) is 1.85. The number of anilines is 1. The predicted molar refractivity (Wildman–Crippen MR) is 71.6 cm³/mol. The highest BCUT2D eigenvalue weighted by molar-refractivity contribution is 5.54. The predicted octanol–water partition coefficient (Wildman–Crippen LogP) is 3.89. The third-order valence-corrected chi connectivity index (χ3v) is 2.92. The van der Waals surface area contributed by atoms with E-state index in [4.69, 9.17) is 5.26 Å². The highest BCUT2D eigenvalue weighted by Gasteiger charge is 2.33. The van der Waals surface area contributed by atoms with E-state index in [0.29, 0.717) is 11.3 Å². The van der Waals surface area contributed by atoms with Gasteiger partial charge >= 0.3 is 6.18 Å². The van der Waals surface area contributed by atoms with Crippen LogP contribution >= 0.6 is 0 Å². The first-order valence-electron chi connectivity index (χ1n) is 6.04. The second-order valence-electron chi connectivity index (χ2n) is 4.35. The van der Waals surface area contributed by atoms with Crippen LogP contribution in [0.25, 0.3) is 0 Å². The number of aromatic hydroxyl groups is 1. The van der Waals surface area contributed by atoms with E-state index in [0.717, 1.165) is 12.1 Å². The number of hydrogen-bond acceptors (Lipinski definition) is 3. The fourth-order valence-electron chi connectivity index (χ4n) is 1.85. The summed E-state index contributed by atoms with van der Waals surface area (Å²) in [6.45, 7) is 0.239. The number of nitrogens with zero attached hydrogens (tertiary/aromatic N) is 1. The molecule has 2 aromatic rings. The molecule has 2 rings (SSSR count). The normalized spacial score (nSPS) is 11.0. The van der Waals surface area contributed by atoms with Gasteiger partial charge in [-0.05, 0) is 24.3 Å². The van der Waals surface area contributed by atoms with Crippen molar-refractivity contribution in [1.82, 2.24) is 0 Å². The lowest BCUT2D eigenvalue weighted by atomic mass is 10.1. The lowest BCUT2D eigenvalue weighted by Crippen LogP contribution is -2.08. The van der Waals surface area contributed by atoms with E-state index in [1.165, 1.54) is 12.1 Å².